The molecule has 19 heavy (non-hydrogen) atoms. The van der Waals surface area contributed by atoms with Crippen molar-refractivity contribution in [3.63, 3.8) is 0 Å². The molecule has 2 rings (SSSR count). The highest BCUT2D eigenvalue weighted by atomic mass is 35.5. The molecule has 0 aliphatic rings. The van der Waals surface area contributed by atoms with Gasteiger partial charge in [0.25, 0.3) is 5.91 Å². The first kappa shape index (κ1) is 13.3. The summed E-state index contributed by atoms with van der Waals surface area (Å²) in [5, 5.41) is 11.9. The average Bonchev–Trinajstić information content (AvgIpc) is 2.42. The van der Waals surface area contributed by atoms with Crippen LogP contribution in [0.5, 0.6) is 0 Å². The van der Waals surface area contributed by atoms with Crippen molar-refractivity contribution in [3.05, 3.63) is 52.0 Å². The van der Waals surface area contributed by atoms with Gasteiger partial charge in [-0.2, -0.15) is 5.26 Å². The maximum atomic E-state index is 11.9. The summed E-state index contributed by atoms with van der Waals surface area (Å²) < 4.78 is 0. The first-order valence-corrected chi connectivity index (χ1v) is 5.84. The van der Waals surface area contributed by atoms with E-state index in [0.717, 1.165) is 0 Å². The Bertz CT molecular complexity index is 664. The zero-order chi connectivity index (χ0) is 13.8. The van der Waals surface area contributed by atoms with Crippen molar-refractivity contribution in [1.29, 1.82) is 5.26 Å². The Morgan fingerprint density at radius 1 is 1.26 bits per heavy atom. The molecule has 0 radical (unpaired) electrons. The fraction of sp³-hybridized carbons (Fsp3) is 0. The quantitative estimate of drug-likeness (QED) is 0.923. The molecule has 0 saturated heterocycles. The minimum absolute atomic E-state index is 0.0998. The molecule has 2 aromatic rings. The predicted molar refractivity (Wildman–Crippen MR) is 71.2 cm³/mol. The maximum Gasteiger partial charge on any atom is 0.275 e. The van der Waals surface area contributed by atoms with Crippen LogP contribution in [-0.2, 0) is 0 Å². The first-order valence-electron chi connectivity index (χ1n) is 5.08. The standard InChI is InChI=1S/C12H6Cl2N4O/c13-8-2-1-7(4-15)3-9(8)18-12(19)10-5-17-11(14)6-16-10/h1-3,5-6H,(H,18,19). The second-order valence-electron chi connectivity index (χ2n) is 3.48. The van der Waals surface area contributed by atoms with Gasteiger partial charge in [0.15, 0.2) is 0 Å². The van der Waals surface area contributed by atoms with Gasteiger partial charge in [0, 0.05) is 0 Å². The number of hydrogen-bond acceptors (Lipinski definition) is 4. The molecule has 0 fully saturated rings. The molecule has 1 aromatic carbocycles. The number of nitriles is 1. The Hall–Kier alpha value is -2.16. The molecule has 1 aromatic heterocycles. The van der Waals surface area contributed by atoms with Crippen molar-refractivity contribution >= 4 is 34.8 Å². The van der Waals surface area contributed by atoms with E-state index >= 15 is 0 Å². The molecule has 0 atom stereocenters. The third kappa shape index (κ3) is 3.19. The number of hydrogen-bond donors (Lipinski definition) is 1. The molecule has 0 unspecified atom stereocenters. The van der Waals surface area contributed by atoms with Gasteiger partial charge in [0.2, 0.25) is 0 Å². The van der Waals surface area contributed by atoms with Crippen LogP contribution in [0.3, 0.4) is 0 Å². The summed E-state index contributed by atoms with van der Waals surface area (Å²) in [5.74, 6) is -0.485. The van der Waals surface area contributed by atoms with Gasteiger partial charge in [-0.25, -0.2) is 9.97 Å². The SMILES string of the molecule is N#Cc1ccc(Cl)c(NC(=O)c2cnc(Cl)cn2)c1. The molecule has 1 N–H and O–H groups in total. The smallest absolute Gasteiger partial charge is 0.275 e. The van der Waals surface area contributed by atoms with Crippen molar-refractivity contribution in [3.8, 4) is 6.07 Å². The van der Waals surface area contributed by atoms with E-state index in [4.69, 9.17) is 28.5 Å². The van der Waals surface area contributed by atoms with Crippen LogP contribution in [0.2, 0.25) is 10.2 Å². The summed E-state index contributed by atoms with van der Waals surface area (Å²) in [6.45, 7) is 0. The number of halogens is 2. The van der Waals surface area contributed by atoms with E-state index in [2.05, 4.69) is 15.3 Å². The van der Waals surface area contributed by atoms with Crippen molar-refractivity contribution < 1.29 is 4.79 Å². The van der Waals surface area contributed by atoms with Crippen LogP contribution < -0.4 is 5.32 Å². The van der Waals surface area contributed by atoms with E-state index in [1.807, 2.05) is 6.07 Å². The molecule has 0 bridgehead atoms. The van der Waals surface area contributed by atoms with Gasteiger partial charge in [-0.15, -0.1) is 0 Å². The Balaban J connectivity index is 2.24. The summed E-state index contributed by atoms with van der Waals surface area (Å²) in [4.78, 5) is 19.5. The Labute approximate surface area is 118 Å². The lowest BCUT2D eigenvalue weighted by atomic mass is 10.2. The average molecular weight is 293 g/mol. The second-order valence-corrected chi connectivity index (χ2v) is 4.28. The number of rotatable bonds is 2. The lowest BCUT2D eigenvalue weighted by molar-refractivity contribution is 0.102. The molecule has 0 aliphatic heterocycles. The summed E-state index contributed by atoms with van der Waals surface area (Å²) in [6.07, 6.45) is 2.52. The van der Waals surface area contributed by atoms with Crippen LogP contribution in [0.25, 0.3) is 0 Å². The number of anilines is 1. The van der Waals surface area contributed by atoms with E-state index in [1.165, 1.54) is 24.5 Å². The lowest BCUT2D eigenvalue weighted by Gasteiger charge is -2.06. The fourth-order valence-electron chi connectivity index (χ4n) is 1.31. The number of amides is 1. The van der Waals surface area contributed by atoms with E-state index in [-0.39, 0.29) is 10.8 Å². The van der Waals surface area contributed by atoms with E-state index < -0.39 is 5.91 Å². The Kier molecular flexibility index (Phi) is 3.95. The number of carbonyl (C=O) groups is 1. The maximum absolute atomic E-state index is 11.9. The molecular formula is C12H6Cl2N4O. The van der Waals surface area contributed by atoms with Crippen molar-refractivity contribution in [2.45, 2.75) is 0 Å². The van der Waals surface area contributed by atoms with Gasteiger partial charge < -0.3 is 5.32 Å². The minimum Gasteiger partial charge on any atom is -0.319 e. The summed E-state index contributed by atoms with van der Waals surface area (Å²) in [5.41, 5.74) is 0.826. The lowest BCUT2D eigenvalue weighted by Crippen LogP contribution is -2.14. The van der Waals surface area contributed by atoms with Crippen LogP contribution >= 0.6 is 23.2 Å². The largest absolute Gasteiger partial charge is 0.319 e. The van der Waals surface area contributed by atoms with Gasteiger partial charge >= 0.3 is 0 Å². The van der Waals surface area contributed by atoms with Gasteiger partial charge in [-0.3, -0.25) is 4.79 Å². The number of nitrogens with zero attached hydrogens (tertiary/aromatic N) is 3. The predicted octanol–water partition coefficient (Wildman–Crippen LogP) is 2.91. The number of benzene rings is 1. The molecule has 0 aliphatic carbocycles. The molecule has 94 valence electrons. The monoisotopic (exact) mass is 292 g/mol. The third-order valence-corrected chi connectivity index (χ3v) is 2.72. The normalized spacial score (nSPS) is 9.74. The fourth-order valence-corrected chi connectivity index (χ4v) is 1.57. The van der Waals surface area contributed by atoms with Crippen LogP contribution in [0.4, 0.5) is 5.69 Å². The molecular weight excluding hydrogens is 287 g/mol. The highest BCUT2D eigenvalue weighted by Gasteiger charge is 2.11. The van der Waals surface area contributed by atoms with Crippen LogP contribution in [-0.4, -0.2) is 15.9 Å². The summed E-state index contributed by atoms with van der Waals surface area (Å²) in [7, 11) is 0. The van der Waals surface area contributed by atoms with E-state index in [1.54, 1.807) is 6.07 Å². The summed E-state index contributed by atoms with van der Waals surface area (Å²) >= 11 is 11.5. The van der Waals surface area contributed by atoms with Crippen LogP contribution in [0, 0.1) is 11.3 Å². The second kappa shape index (κ2) is 5.65. The highest BCUT2D eigenvalue weighted by molar-refractivity contribution is 6.34. The molecule has 5 nitrogen and oxygen atoms in total. The van der Waals surface area contributed by atoms with Crippen molar-refractivity contribution in [2.24, 2.45) is 0 Å². The Morgan fingerprint density at radius 3 is 2.68 bits per heavy atom. The summed E-state index contributed by atoms with van der Waals surface area (Å²) in [6, 6.07) is 6.52. The zero-order valence-corrected chi connectivity index (χ0v) is 10.9. The molecule has 1 heterocycles. The number of nitrogens with one attached hydrogen (secondary N) is 1. The topological polar surface area (TPSA) is 78.7 Å². The number of carbonyl (C=O) groups excluding carboxylic acids is 1. The molecule has 1 amide bonds. The Morgan fingerprint density at radius 2 is 2.05 bits per heavy atom. The van der Waals surface area contributed by atoms with Crippen molar-refractivity contribution in [1.82, 2.24) is 9.97 Å². The first-order chi connectivity index (χ1) is 9.10. The molecule has 7 heteroatoms. The van der Waals surface area contributed by atoms with E-state index in [9.17, 15) is 4.79 Å². The number of aromatic nitrogens is 2. The highest BCUT2D eigenvalue weighted by Crippen LogP contribution is 2.23. The van der Waals surface area contributed by atoms with Crippen LogP contribution in [0.15, 0.2) is 30.6 Å². The molecule has 0 spiro atoms. The molecule has 0 saturated carbocycles. The third-order valence-electron chi connectivity index (χ3n) is 2.20. The van der Waals surface area contributed by atoms with Crippen LogP contribution in [0.1, 0.15) is 16.1 Å². The zero-order valence-electron chi connectivity index (χ0n) is 9.39. The van der Waals surface area contributed by atoms with Crippen molar-refractivity contribution in [2.75, 3.05) is 5.32 Å². The van der Waals surface area contributed by atoms with Gasteiger partial charge in [-0.1, -0.05) is 23.2 Å². The van der Waals surface area contributed by atoms with Gasteiger partial charge in [-0.05, 0) is 18.2 Å². The van der Waals surface area contributed by atoms with Gasteiger partial charge in [0.1, 0.15) is 10.8 Å². The minimum atomic E-state index is -0.485. The van der Waals surface area contributed by atoms with Gasteiger partial charge in [0.05, 0.1) is 34.7 Å². The van der Waals surface area contributed by atoms with E-state index in [0.29, 0.717) is 16.3 Å².